The predicted octanol–water partition coefficient (Wildman–Crippen LogP) is 5.90. The molecule has 1 aromatic carbocycles. The number of esters is 1. The quantitative estimate of drug-likeness (QED) is 0.213. The first kappa shape index (κ1) is 26.8. The topological polar surface area (TPSA) is 50.1 Å². The molecule has 0 aliphatic rings. The van der Waals surface area contributed by atoms with Gasteiger partial charge in [0.1, 0.15) is 0 Å². The number of unbranched alkanes of at least 4 members (excludes halogenated alkanes) is 1. The summed E-state index contributed by atoms with van der Waals surface area (Å²) >= 11 is 0. The van der Waals surface area contributed by atoms with Crippen molar-refractivity contribution in [3.8, 4) is 6.07 Å². The highest BCUT2D eigenvalue weighted by Gasteiger charge is 1.91. The molecule has 1 aromatic rings. The molecule has 3 heteroatoms. The molecule has 0 aliphatic carbocycles. The Balaban J connectivity index is -0.000000276. The standard InChI is InChI=1S/C8H8.C7H12O2.C4H6.C3H3N/c1-2-8-6-4-3-5-7-8;1-3-5-6-9-7(8)4-2;1-3-4-2;1-2-3-4/h2-7H,1H2;4H,2-3,5-6H2,1H3;3-4H,1-2H2;2H,1H2. The van der Waals surface area contributed by atoms with Crippen LogP contribution in [0.2, 0.25) is 0 Å². The third-order valence-corrected chi connectivity index (χ3v) is 2.20. The zero-order chi connectivity index (χ0) is 19.8. The van der Waals surface area contributed by atoms with Gasteiger partial charge >= 0.3 is 5.97 Å². The van der Waals surface area contributed by atoms with Gasteiger partial charge in [-0.3, -0.25) is 0 Å². The van der Waals surface area contributed by atoms with Crippen LogP contribution in [0, 0.1) is 11.3 Å². The van der Waals surface area contributed by atoms with Gasteiger partial charge in [-0.1, -0.05) is 94.8 Å². The number of hydrogen-bond acceptors (Lipinski definition) is 3. The van der Waals surface area contributed by atoms with Crippen molar-refractivity contribution in [2.75, 3.05) is 6.61 Å². The number of hydrogen-bond donors (Lipinski definition) is 0. The minimum atomic E-state index is -0.330. The van der Waals surface area contributed by atoms with E-state index in [0.29, 0.717) is 6.61 Å². The second-order valence-electron chi connectivity index (χ2n) is 4.14. The molecular formula is C22H29NO2. The van der Waals surface area contributed by atoms with Gasteiger partial charge in [0.25, 0.3) is 0 Å². The number of allylic oxidation sites excluding steroid dienone is 3. The van der Waals surface area contributed by atoms with Crippen LogP contribution in [0.4, 0.5) is 0 Å². The summed E-state index contributed by atoms with van der Waals surface area (Å²) in [5.74, 6) is -0.330. The summed E-state index contributed by atoms with van der Waals surface area (Å²) in [7, 11) is 0. The smallest absolute Gasteiger partial charge is 0.330 e. The van der Waals surface area contributed by atoms with Crippen LogP contribution in [-0.4, -0.2) is 12.6 Å². The molecule has 134 valence electrons. The number of benzene rings is 1. The molecule has 0 unspecified atom stereocenters. The lowest BCUT2D eigenvalue weighted by atomic mass is 10.2. The number of rotatable bonds is 6. The Bertz CT molecular complexity index is 519. The van der Waals surface area contributed by atoms with Crippen LogP contribution < -0.4 is 0 Å². The summed E-state index contributed by atoms with van der Waals surface area (Å²) in [6.45, 7) is 19.3. The van der Waals surface area contributed by atoms with Crippen molar-refractivity contribution in [2.24, 2.45) is 0 Å². The number of ether oxygens (including phenoxy) is 1. The van der Waals surface area contributed by atoms with Crippen LogP contribution in [-0.2, 0) is 9.53 Å². The van der Waals surface area contributed by atoms with Crippen molar-refractivity contribution >= 4 is 12.0 Å². The van der Waals surface area contributed by atoms with Crippen LogP contribution in [0.5, 0.6) is 0 Å². The van der Waals surface area contributed by atoms with Crippen LogP contribution >= 0.6 is 0 Å². The Kier molecular flexibility index (Phi) is 27.6. The molecule has 0 N–H and O–H groups in total. The molecule has 0 fully saturated rings. The third-order valence-electron chi connectivity index (χ3n) is 2.20. The Labute approximate surface area is 153 Å². The van der Waals surface area contributed by atoms with E-state index in [2.05, 4.69) is 37.6 Å². The number of nitriles is 1. The summed E-state index contributed by atoms with van der Waals surface area (Å²) < 4.78 is 4.67. The van der Waals surface area contributed by atoms with Gasteiger partial charge in [0.15, 0.2) is 0 Å². The van der Waals surface area contributed by atoms with Gasteiger partial charge in [-0.15, -0.1) is 0 Å². The third kappa shape index (κ3) is 29.5. The highest BCUT2D eigenvalue weighted by molar-refractivity contribution is 5.81. The van der Waals surface area contributed by atoms with E-state index in [1.807, 2.05) is 43.3 Å². The van der Waals surface area contributed by atoms with Crippen molar-refractivity contribution in [2.45, 2.75) is 19.8 Å². The SMILES string of the molecule is C=CC#N.C=CC(=O)OCCCC.C=CC=C.C=Cc1ccccc1. The van der Waals surface area contributed by atoms with E-state index in [9.17, 15) is 4.79 Å². The summed E-state index contributed by atoms with van der Waals surface area (Å²) in [6.07, 6.45) is 9.44. The molecule has 0 atom stereocenters. The maximum atomic E-state index is 10.3. The average Bonchev–Trinajstić information content (AvgIpc) is 2.69. The molecule has 0 saturated carbocycles. The maximum Gasteiger partial charge on any atom is 0.330 e. The molecule has 0 saturated heterocycles. The lowest BCUT2D eigenvalue weighted by Crippen LogP contribution is -2.00. The van der Waals surface area contributed by atoms with E-state index in [1.165, 1.54) is 17.7 Å². The summed E-state index contributed by atoms with van der Waals surface area (Å²) in [6, 6.07) is 11.7. The van der Waals surface area contributed by atoms with Gasteiger partial charge in [0, 0.05) is 12.2 Å². The molecular weight excluding hydrogens is 310 g/mol. The van der Waals surface area contributed by atoms with Crippen LogP contribution in [0.3, 0.4) is 0 Å². The van der Waals surface area contributed by atoms with Crippen molar-refractivity contribution in [1.82, 2.24) is 0 Å². The van der Waals surface area contributed by atoms with Gasteiger partial charge in [0.2, 0.25) is 0 Å². The van der Waals surface area contributed by atoms with Crippen LogP contribution in [0.15, 0.2) is 87.5 Å². The Morgan fingerprint density at radius 1 is 1.12 bits per heavy atom. The fourth-order valence-electron chi connectivity index (χ4n) is 0.965. The molecule has 0 aromatic heterocycles. The summed E-state index contributed by atoms with van der Waals surface area (Å²) in [5, 5.41) is 7.51. The van der Waals surface area contributed by atoms with E-state index in [0.717, 1.165) is 12.8 Å². The van der Waals surface area contributed by atoms with E-state index < -0.39 is 0 Å². The van der Waals surface area contributed by atoms with Crippen molar-refractivity contribution in [3.05, 3.63) is 93.1 Å². The van der Waals surface area contributed by atoms with E-state index in [-0.39, 0.29) is 5.97 Å². The molecule has 0 aliphatic heterocycles. The summed E-state index contributed by atoms with van der Waals surface area (Å²) in [5.41, 5.74) is 1.17. The highest BCUT2D eigenvalue weighted by Crippen LogP contribution is 1.97. The van der Waals surface area contributed by atoms with E-state index in [4.69, 9.17) is 5.26 Å². The van der Waals surface area contributed by atoms with Crippen LogP contribution in [0.25, 0.3) is 6.08 Å². The van der Waals surface area contributed by atoms with E-state index in [1.54, 1.807) is 18.2 Å². The minimum Gasteiger partial charge on any atom is -0.463 e. The largest absolute Gasteiger partial charge is 0.463 e. The Morgan fingerprint density at radius 3 is 1.92 bits per heavy atom. The molecule has 0 radical (unpaired) electrons. The number of carbonyl (C=O) groups excluding carboxylic acids is 1. The number of nitrogens with zero attached hydrogens (tertiary/aromatic N) is 1. The molecule has 3 nitrogen and oxygen atoms in total. The second kappa shape index (κ2) is 25.8. The fourth-order valence-corrected chi connectivity index (χ4v) is 0.965. The summed E-state index contributed by atoms with van der Waals surface area (Å²) in [4.78, 5) is 10.3. The second-order valence-corrected chi connectivity index (χ2v) is 4.14. The fraction of sp³-hybridized carbons (Fsp3) is 0.182. The van der Waals surface area contributed by atoms with Gasteiger partial charge in [-0.2, -0.15) is 5.26 Å². The first-order valence-corrected chi connectivity index (χ1v) is 7.78. The number of carbonyl (C=O) groups is 1. The molecule has 1 rings (SSSR count). The zero-order valence-electron chi connectivity index (χ0n) is 15.2. The van der Waals surface area contributed by atoms with Crippen LogP contribution in [0.1, 0.15) is 25.3 Å². The van der Waals surface area contributed by atoms with E-state index >= 15 is 0 Å². The van der Waals surface area contributed by atoms with Gasteiger partial charge in [0.05, 0.1) is 12.7 Å². The highest BCUT2D eigenvalue weighted by atomic mass is 16.5. The lowest BCUT2D eigenvalue weighted by Gasteiger charge is -1.97. The molecule has 0 amide bonds. The lowest BCUT2D eigenvalue weighted by molar-refractivity contribution is -0.137. The average molecular weight is 339 g/mol. The normalized spacial score (nSPS) is 7.20. The maximum absolute atomic E-state index is 10.3. The Morgan fingerprint density at radius 2 is 1.64 bits per heavy atom. The predicted molar refractivity (Wildman–Crippen MR) is 109 cm³/mol. The molecule has 25 heavy (non-hydrogen) atoms. The monoisotopic (exact) mass is 339 g/mol. The van der Waals surface area contributed by atoms with Crippen molar-refractivity contribution in [1.29, 1.82) is 5.26 Å². The molecule has 0 spiro atoms. The molecule has 0 heterocycles. The van der Waals surface area contributed by atoms with Gasteiger partial charge in [-0.25, -0.2) is 4.79 Å². The minimum absolute atomic E-state index is 0.330. The van der Waals surface area contributed by atoms with Crippen molar-refractivity contribution in [3.63, 3.8) is 0 Å². The van der Waals surface area contributed by atoms with Gasteiger partial charge in [-0.05, 0) is 12.0 Å². The molecule has 0 bridgehead atoms. The zero-order valence-corrected chi connectivity index (χ0v) is 15.2. The van der Waals surface area contributed by atoms with Gasteiger partial charge < -0.3 is 4.74 Å². The first-order valence-electron chi connectivity index (χ1n) is 7.78. The first-order chi connectivity index (χ1) is 12.1. The van der Waals surface area contributed by atoms with Crippen molar-refractivity contribution < 1.29 is 9.53 Å². The Hall–Kier alpha value is -3.12.